The number of thioether (sulfide) groups is 1. The van der Waals surface area contributed by atoms with Gasteiger partial charge in [0, 0.05) is 15.7 Å². The summed E-state index contributed by atoms with van der Waals surface area (Å²) in [5, 5.41) is 4.23. The Kier molecular flexibility index (Phi) is 6.59. The average Bonchev–Trinajstić information content (AvgIpc) is 2.28. The topological polar surface area (TPSA) is 12.0 Å². The van der Waals surface area contributed by atoms with Crippen molar-refractivity contribution in [2.45, 2.75) is 17.7 Å². The second-order valence-corrected chi connectivity index (χ2v) is 5.49. The van der Waals surface area contributed by atoms with Crippen LogP contribution in [0.5, 0.6) is 0 Å². The first-order valence-electron chi connectivity index (χ1n) is 5.44. The Balaban J connectivity index is 0.00000128. The molecule has 1 fully saturated rings. The normalized spacial score (nSPS) is 16.8. The maximum Gasteiger partial charge on any atom is 0.0417 e. The SMILES string of the molecule is Cl.Clc1cccc(SCC2CCNCC2)c1. The van der Waals surface area contributed by atoms with Gasteiger partial charge in [0.05, 0.1) is 0 Å². The summed E-state index contributed by atoms with van der Waals surface area (Å²) in [5.41, 5.74) is 0. The Morgan fingerprint density at radius 3 is 2.75 bits per heavy atom. The predicted octanol–water partition coefficient (Wildman–Crippen LogP) is 3.85. The molecule has 90 valence electrons. The van der Waals surface area contributed by atoms with E-state index in [0.29, 0.717) is 0 Å². The summed E-state index contributed by atoms with van der Waals surface area (Å²) in [5.74, 6) is 2.09. The van der Waals surface area contributed by atoms with Gasteiger partial charge in [-0.2, -0.15) is 0 Å². The molecule has 4 heteroatoms. The predicted molar refractivity (Wildman–Crippen MR) is 75.0 cm³/mol. The molecule has 0 aliphatic carbocycles. The number of nitrogens with one attached hydrogen (secondary N) is 1. The van der Waals surface area contributed by atoms with E-state index in [1.165, 1.54) is 36.6 Å². The number of halogens is 2. The van der Waals surface area contributed by atoms with E-state index in [1.54, 1.807) is 0 Å². The number of hydrogen-bond acceptors (Lipinski definition) is 2. The van der Waals surface area contributed by atoms with E-state index < -0.39 is 0 Å². The number of benzene rings is 1. The monoisotopic (exact) mass is 277 g/mol. The lowest BCUT2D eigenvalue weighted by Crippen LogP contribution is -2.28. The lowest BCUT2D eigenvalue weighted by Gasteiger charge is -2.22. The molecule has 0 aromatic heterocycles. The van der Waals surface area contributed by atoms with Gasteiger partial charge < -0.3 is 5.32 Å². The van der Waals surface area contributed by atoms with Crippen LogP contribution in [0.25, 0.3) is 0 Å². The third-order valence-corrected chi connectivity index (χ3v) is 4.20. The van der Waals surface area contributed by atoms with E-state index in [9.17, 15) is 0 Å². The summed E-state index contributed by atoms with van der Waals surface area (Å²) in [4.78, 5) is 1.29. The highest BCUT2D eigenvalue weighted by molar-refractivity contribution is 7.99. The summed E-state index contributed by atoms with van der Waals surface area (Å²) < 4.78 is 0. The second kappa shape index (κ2) is 7.44. The lowest BCUT2D eigenvalue weighted by molar-refractivity contribution is 0.408. The van der Waals surface area contributed by atoms with Crippen LogP contribution < -0.4 is 5.32 Å². The molecule has 0 radical (unpaired) electrons. The number of hydrogen-bond donors (Lipinski definition) is 1. The molecule has 0 bridgehead atoms. The molecular formula is C12H17Cl2NS. The zero-order valence-corrected chi connectivity index (χ0v) is 11.5. The van der Waals surface area contributed by atoms with E-state index in [4.69, 9.17) is 11.6 Å². The molecule has 0 atom stereocenters. The Bertz CT molecular complexity index is 314. The molecule has 1 aromatic carbocycles. The van der Waals surface area contributed by atoms with Gasteiger partial charge in [-0.05, 0) is 50.0 Å². The average molecular weight is 278 g/mol. The molecule has 1 aliphatic rings. The highest BCUT2D eigenvalue weighted by atomic mass is 35.5. The van der Waals surface area contributed by atoms with Crippen molar-refractivity contribution in [2.75, 3.05) is 18.8 Å². The maximum absolute atomic E-state index is 5.94. The van der Waals surface area contributed by atoms with Crippen molar-refractivity contribution in [3.63, 3.8) is 0 Å². The van der Waals surface area contributed by atoms with Gasteiger partial charge in [-0.25, -0.2) is 0 Å². The Morgan fingerprint density at radius 1 is 1.31 bits per heavy atom. The van der Waals surface area contributed by atoms with Crippen LogP contribution >= 0.6 is 35.8 Å². The smallest absolute Gasteiger partial charge is 0.0417 e. The molecule has 2 rings (SSSR count). The molecule has 1 aliphatic heterocycles. The van der Waals surface area contributed by atoms with Crippen molar-refractivity contribution in [3.05, 3.63) is 29.3 Å². The molecule has 0 amide bonds. The number of rotatable bonds is 3. The van der Waals surface area contributed by atoms with Crippen LogP contribution in [0.2, 0.25) is 5.02 Å². The molecule has 16 heavy (non-hydrogen) atoms. The van der Waals surface area contributed by atoms with Crippen molar-refractivity contribution in [2.24, 2.45) is 5.92 Å². The fraction of sp³-hybridized carbons (Fsp3) is 0.500. The molecule has 1 heterocycles. The Labute approximate surface area is 113 Å². The molecule has 0 saturated carbocycles. The zero-order chi connectivity index (χ0) is 10.5. The van der Waals surface area contributed by atoms with E-state index in [2.05, 4.69) is 11.4 Å². The molecule has 1 aromatic rings. The molecular weight excluding hydrogens is 261 g/mol. The first-order chi connectivity index (χ1) is 7.34. The molecule has 1 saturated heterocycles. The fourth-order valence-corrected chi connectivity index (χ4v) is 3.22. The van der Waals surface area contributed by atoms with Crippen LogP contribution in [0.3, 0.4) is 0 Å². The minimum atomic E-state index is 0. The molecule has 0 spiro atoms. The van der Waals surface area contributed by atoms with Gasteiger partial charge in [0.25, 0.3) is 0 Å². The van der Waals surface area contributed by atoms with Gasteiger partial charge in [-0.3, -0.25) is 0 Å². The van der Waals surface area contributed by atoms with Gasteiger partial charge in [-0.1, -0.05) is 17.7 Å². The minimum Gasteiger partial charge on any atom is -0.317 e. The van der Waals surface area contributed by atoms with Crippen LogP contribution in [0.15, 0.2) is 29.2 Å². The fourth-order valence-electron chi connectivity index (χ4n) is 1.82. The first-order valence-corrected chi connectivity index (χ1v) is 6.80. The summed E-state index contributed by atoms with van der Waals surface area (Å²) in [6.07, 6.45) is 2.63. The number of piperidine rings is 1. The second-order valence-electron chi connectivity index (χ2n) is 3.96. The Morgan fingerprint density at radius 2 is 2.06 bits per heavy atom. The quantitative estimate of drug-likeness (QED) is 0.843. The molecule has 1 N–H and O–H groups in total. The van der Waals surface area contributed by atoms with Gasteiger partial charge >= 0.3 is 0 Å². The summed E-state index contributed by atoms with van der Waals surface area (Å²) >= 11 is 7.87. The van der Waals surface area contributed by atoms with Crippen LogP contribution in [0.4, 0.5) is 0 Å². The van der Waals surface area contributed by atoms with Gasteiger partial charge in [0.2, 0.25) is 0 Å². The van der Waals surface area contributed by atoms with Crippen molar-refractivity contribution in [3.8, 4) is 0 Å². The van der Waals surface area contributed by atoms with Crippen molar-refractivity contribution >= 4 is 35.8 Å². The van der Waals surface area contributed by atoms with Gasteiger partial charge in [0.15, 0.2) is 0 Å². The standard InChI is InChI=1S/C12H16ClNS.ClH/c13-11-2-1-3-12(8-11)15-9-10-4-6-14-7-5-10;/h1-3,8,10,14H,4-7,9H2;1H. The lowest BCUT2D eigenvalue weighted by atomic mass is 10.0. The van der Waals surface area contributed by atoms with Crippen molar-refractivity contribution < 1.29 is 0 Å². The van der Waals surface area contributed by atoms with Crippen LogP contribution in [-0.4, -0.2) is 18.8 Å². The minimum absolute atomic E-state index is 0. The largest absolute Gasteiger partial charge is 0.317 e. The third kappa shape index (κ3) is 4.54. The van der Waals surface area contributed by atoms with Crippen LogP contribution in [0, 0.1) is 5.92 Å². The summed E-state index contributed by atoms with van der Waals surface area (Å²) in [6.45, 7) is 2.36. The molecule has 1 nitrogen and oxygen atoms in total. The highest BCUT2D eigenvalue weighted by Crippen LogP contribution is 2.26. The van der Waals surface area contributed by atoms with E-state index in [0.717, 1.165) is 10.9 Å². The van der Waals surface area contributed by atoms with Gasteiger partial charge in [-0.15, -0.1) is 24.2 Å². The van der Waals surface area contributed by atoms with E-state index in [-0.39, 0.29) is 12.4 Å². The zero-order valence-electron chi connectivity index (χ0n) is 9.12. The van der Waals surface area contributed by atoms with E-state index >= 15 is 0 Å². The van der Waals surface area contributed by atoms with Crippen molar-refractivity contribution in [1.82, 2.24) is 5.32 Å². The van der Waals surface area contributed by atoms with E-state index in [1.807, 2.05) is 30.0 Å². The van der Waals surface area contributed by atoms with Crippen molar-refractivity contribution in [1.29, 1.82) is 0 Å². The first kappa shape index (κ1) is 14.2. The maximum atomic E-state index is 5.94. The summed E-state index contributed by atoms with van der Waals surface area (Å²) in [7, 11) is 0. The van der Waals surface area contributed by atoms with Crippen LogP contribution in [-0.2, 0) is 0 Å². The summed E-state index contributed by atoms with van der Waals surface area (Å²) in [6, 6.07) is 8.13. The van der Waals surface area contributed by atoms with Crippen LogP contribution in [0.1, 0.15) is 12.8 Å². The molecule has 0 unspecified atom stereocenters. The Hall–Kier alpha value is 0.110. The third-order valence-electron chi connectivity index (χ3n) is 2.74. The highest BCUT2D eigenvalue weighted by Gasteiger charge is 2.12. The van der Waals surface area contributed by atoms with Gasteiger partial charge in [0.1, 0.15) is 0 Å².